The van der Waals surface area contributed by atoms with E-state index in [4.69, 9.17) is 0 Å². The van der Waals surface area contributed by atoms with E-state index >= 15 is 0 Å². The quantitative estimate of drug-likeness (QED) is 0.862. The van der Waals surface area contributed by atoms with E-state index in [-0.39, 0.29) is 0 Å². The summed E-state index contributed by atoms with van der Waals surface area (Å²) in [6, 6.07) is 6.66. The van der Waals surface area contributed by atoms with Gasteiger partial charge in [0.1, 0.15) is 0 Å². The molecule has 2 aromatic rings. The van der Waals surface area contributed by atoms with Crippen LogP contribution in [0.2, 0.25) is 0 Å². The summed E-state index contributed by atoms with van der Waals surface area (Å²) in [4.78, 5) is 1.43. The van der Waals surface area contributed by atoms with Gasteiger partial charge in [0.05, 0.1) is 6.20 Å². The van der Waals surface area contributed by atoms with Crippen molar-refractivity contribution in [3.8, 4) is 0 Å². The standard InChI is InChI=1S/C12H15N3S/c1-13-12(10-6-7-14-15-9-10)5-4-11-3-2-8-16-11/h2-3,6-9,12-13H,4-5H2,1H3. The summed E-state index contributed by atoms with van der Waals surface area (Å²) in [6.07, 6.45) is 5.76. The molecule has 84 valence electrons. The predicted octanol–water partition coefficient (Wildman–Crippen LogP) is 2.43. The first-order chi connectivity index (χ1) is 7.90. The van der Waals surface area contributed by atoms with E-state index in [1.165, 1.54) is 10.4 Å². The zero-order valence-electron chi connectivity index (χ0n) is 9.26. The molecular weight excluding hydrogens is 218 g/mol. The van der Waals surface area contributed by atoms with Gasteiger partial charge in [-0.05, 0) is 43.0 Å². The van der Waals surface area contributed by atoms with Gasteiger partial charge in [0.15, 0.2) is 0 Å². The first-order valence-electron chi connectivity index (χ1n) is 5.36. The van der Waals surface area contributed by atoms with Crippen LogP contribution in [0.4, 0.5) is 0 Å². The molecule has 0 spiro atoms. The summed E-state index contributed by atoms with van der Waals surface area (Å²) < 4.78 is 0. The first-order valence-corrected chi connectivity index (χ1v) is 6.24. The molecule has 1 atom stereocenters. The van der Waals surface area contributed by atoms with Crippen molar-refractivity contribution in [1.29, 1.82) is 0 Å². The van der Waals surface area contributed by atoms with Gasteiger partial charge in [0.25, 0.3) is 0 Å². The van der Waals surface area contributed by atoms with Crippen molar-refractivity contribution < 1.29 is 0 Å². The number of thiophene rings is 1. The lowest BCUT2D eigenvalue weighted by Gasteiger charge is -2.15. The average Bonchev–Trinajstić information content (AvgIpc) is 2.84. The van der Waals surface area contributed by atoms with Crippen molar-refractivity contribution in [3.05, 3.63) is 46.4 Å². The van der Waals surface area contributed by atoms with Gasteiger partial charge in [-0.3, -0.25) is 0 Å². The highest BCUT2D eigenvalue weighted by atomic mass is 32.1. The molecule has 0 amide bonds. The molecule has 0 radical (unpaired) electrons. The molecule has 0 aliphatic carbocycles. The number of nitrogens with one attached hydrogen (secondary N) is 1. The van der Waals surface area contributed by atoms with Crippen LogP contribution in [0.5, 0.6) is 0 Å². The summed E-state index contributed by atoms with van der Waals surface area (Å²) in [5.74, 6) is 0. The van der Waals surface area contributed by atoms with E-state index in [2.05, 4.69) is 33.0 Å². The van der Waals surface area contributed by atoms with E-state index in [0.29, 0.717) is 6.04 Å². The highest BCUT2D eigenvalue weighted by molar-refractivity contribution is 7.09. The fourth-order valence-electron chi connectivity index (χ4n) is 1.73. The summed E-state index contributed by atoms with van der Waals surface area (Å²) in [5.41, 5.74) is 1.20. The number of rotatable bonds is 5. The molecular formula is C12H15N3S. The minimum Gasteiger partial charge on any atom is -0.313 e. The monoisotopic (exact) mass is 233 g/mol. The molecule has 0 saturated carbocycles. The van der Waals surface area contributed by atoms with E-state index in [1.54, 1.807) is 6.20 Å². The fourth-order valence-corrected chi connectivity index (χ4v) is 2.45. The zero-order valence-corrected chi connectivity index (χ0v) is 10.1. The Kier molecular flexibility index (Phi) is 4.02. The molecule has 2 rings (SSSR count). The molecule has 4 heteroatoms. The molecule has 0 bridgehead atoms. The van der Waals surface area contributed by atoms with Gasteiger partial charge < -0.3 is 5.32 Å². The zero-order chi connectivity index (χ0) is 11.2. The van der Waals surface area contributed by atoms with Crippen molar-refractivity contribution in [2.45, 2.75) is 18.9 Å². The molecule has 0 fully saturated rings. The highest BCUT2D eigenvalue weighted by Crippen LogP contribution is 2.19. The van der Waals surface area contributed by atoms with Gasteiger partial charge in [-0.1, -0.05) is 6.07 Å². The van der Waals surface area contributed by atoms with Crippen molar-refractivity contribution >= 4 is 11.3 Å². The van der Waals surface area contributed by atoms with Gasteiger partial charge in [-0.15, -0.1) is 11.3 Å². The Morgan fingerprint density at radius 1 is 1.38 bits per heavy atom. The van der Waals surface area contributed by atoms with Crippen LogP contribution < -0.4 is 5.32 Å². The molecule has 2 aromatic heterocycles. The molecule has 0 aliphatic heterocycles. The topological polar surface area (TPSA) is 37.8 Å². The number of aromatic nitrogens is 2. The van der Waals surface area contributed by atoms with Crippen LogP contribution in [0.1, 0.15) is 22.9 Å². The van der Waals surface area contributed by atoms with Crippen molar-refractivity contribution in [1.82, 2.24) is 15.5 Å². The van der Waals surface area contributed by atoms with Crippen LogP contribution >= 0.6 is 11.3 Å². The first kappa shape index (κ1) is 11.2. The van der Waals surface area contributed by atoms with Crippen LogP contribution in [-0.4, -0.2) is 17.2 Å². The third kappa shape index (κ3) is 2.87. The molecule has 1 N–H and O–H groups in total. The maximum Gasteiger partial charge on any atom is 0.0544 e. The molecule has 0 saturated heterocycles. The van der Waals surface area contributed by atoms with Gasteiger partial charge in [-0.25, -0.2) is 0 Å². The van der Waals surface area contributed by atoms with E-state index in [0.717, 1.165) is 12.8 Å². The molecule has 0 aliphatic rings. The number of hydrogen-bond acceptors (Lipinski definition) is 4. The molecule has 3 nitrogen and oxygen atoms in total. The van der Waals surface area contributed by atoms with E-state index in [9.17, 15) is 0 Å². The lowest BCUT2D eigenvalue weighted by atomic mass is 10.0. The Bertz CT molecular complexity index is 399. The number of hydrogen-bond donors (Lipinski definition) is 1. The lowest BCUT2D eigenvalue weighted by Crippen LogP contribution is -2.17. The third-order valence-electron chi connectivity index (χ3n) is 2.62. The van der Waals surface area contributed by atoms with Crippen LogP contribution in [0.15, 0.2) is 36.0 Å². The van der Waals surface area contributed by atoms with Crippen molar-refractivity contribution in [2.75, 3.05) is 7.05 Å². The van der Waals surface area contributed by atoms with E-state index < -0.39 is 0 Å². The fraction of sp³-hybridized carbons (Fsp3) is 0.333. The summed E-state index contributed by atoms with van der Waals surface area (Å²) in [6.45, 7) is 0. The van der Waals surface area contributed by atoms with E-state index in [1.807, 2.05) is 30.6 Å². The smallest absolute Gasteiger partial charge is 0.0544 e. The SMILES string of the molecule is CNC(CCc1cccs1)c1ccnnc1. The minimum absolute atomic E-state index is 0.359. The normalized spacial score (nSPS) is 12.6. The van der Waals surface area contributed by atoms with Crippen LogP contribution in [0.3, 0.4) is 0 Å². The second kappa shape index (κ2) is 5.72. The predicted molar refractivity (Wildman–Crippen MR) is 66.5 cm³/mol. The van der Waals surface area contributed by atoms with Gasteiger partial charge in [-0.2, -0.15) is 10.2 Å². The Morgan fingerprint density at radius 2 is 2.31 bits per heavy atom. The third-order valence-corrected chi connectivity index (χ3v) is 3.55. The Hall–Kier alpha value is -1.26. The van der Waals surface area contributed by atoms with Gasteiger partial charge in [0, 0.05) is 17.1 Å². The van der Waals surface area contributed by atoms with Gasteiger partial charge >= 0.3 is 0 Å². The largest absolute Gasteiger partial charge is 0.313 e. The molecule has 0 aromatic carbocycles. The second-order valence-electron chi connectivity index (χ2n) is 3.64. The Balaban J connectivity index is 1.96. The minimum atomic E-state index is 0.359. The second-order valence-corrected chi connectivity index (χ2v) is 4.67. The number of aryl methyl sites for hydroxylation is 1. The summed E-state index contributed by atoms with van der Waals surface area (Å²) in [7, 11) is 1.99. The Labute approximate surface area is 99.5 Å². The maximum absolute atomic E-state index is 3.91. The highest BCUT2D eigenvalue weighted by Gasteiger charge is 2.09. The number of nitrogens with zero attached hydrogens (tertiary/aromatic N) is 2. The van der Waals surface area contributed by atoms with Crippen LogP contribution in [0.25, 0.3) is 0 Å². The molecule has 16 heavy (non-hydrogen) atoms. The lowest BCUT2D eigenvalue weighted by molar-refractivity contribution is 0.548. The van der Waals surface area contributed by atoms with Gasteiger partial charge in [0.2, 0.25) is 0 Å². The van der Waals surface area contributed by atoms with Crippen LogP contribution in [-0.2, 0) is 6.42 Å². The van der Waals surface area contributed by atoms with Crippen LogP contribution in [0, 0.1) is 0 Å². The van der Waals surface area contributed by atoms with Crippen molar-refractivity contribution in [3.63, 3.8) is 0 Å². The maximum atomic E-state index is 3.91. The average molecular weight is 233 g/mol. The Morgan fingerprint density at radius 3 is 2.94 bits per heavy atom. The summed E-state index contributed by atoms with van der Waals surface area (Å²) >= 11 is 1.81. The van der Waals surface area contributed by atoms with Crippen molar-refractivity contribution in [2.24, 2.45) is 0 Å². The summed E-state index contributed by atoms with van der Waals surface area (Å²) in [5, 5.41) is 13.1. The molecule has 2 heterocycles. The molecule has 1 unspecified atom stereocenters.